The van der Waals surface area contributed by atoms with Gasteiger partial charge in [0, 0.05) is 6.54 Å². The van der Waals surface area contributed by atoms with Gasteiger partial charge in [-0.15, -0.1) is 0 Å². The van der Waals surface area contributed by atoms with E-state index in [0.717, 1.165) is 0 Å². The minimum absolute atomic E-state index is 0.0000463. The van der Waals surface area contributed by atoms with Crippen molar-refractivity contribution in [2.75, 3.05) is 13.7 Å². The standard InChI is InChI=1S/C6H8BrNO2/c1-10-6(9)8-4-2-3-5(8)7/h2-3,5H,4H2,1H3. The molecule has 0 aromatic heterocycles. The molecule has 0 spiro atoms. The van der Waals surface area contributed by atoms with Gasteiger partial charge in [0.2, 0.25) is 0 Å². The Bertz CT molecular complexity index is 169. The van der Waals surface area contributed by atoms with Crippen molar-refractivity contribution in [2.24, 2.45) is 0 Å². The molecule has 4 heteroatoms. The van der Waals surface area contributed by atoms with Crippen molar-refractivity contribution in [1.29, 1.82) is 0 Å². The zero-order valence-corrected chi connectivity index (χ0v) is 7.17. The number of ether oxygens (including phenoxy) is 1. The third-order valence-corrected chi connectivity index (χ3v) is 2.10. The molecule has 0 bridgehead atoms. The van der Waals surface area contributed by atoms with Crippen molar-refractivity contribution in [1.82, 2.24) is 4.90 Å². The molecule has 0 radical (unpaired) electrons. The topological polar surface area (TPSA) is 29.5 Å². The first kappa shape index (κ1) is 7.60. The second-order valence-electron chi connectivity index (χ2n) is 1.92. The zero-order valence-electron chi connectivity index (χ0n) is 5.58. The van der Waals surface area contributed by atoms with Crippen molar-refractivity contribution in [3.63, 3.8) is 0 Å². The van der Waals surface area contributed by atoms with E-state index in [1.807, 2.05) is 12.2 Å². The number of rotatable bonds is 0. The molecule has 0 aromatic carbocycles. The van der Waals surface area contributed by atoms with E-state index in [1.165, 1.54) is 7.11 Å². The van der Waals surface area contributed by atoms with Crippen molar-refractivity contribution < 1.29 is 9.53 Å². The Labute approximate surface area is 67.8 Å². The number of carbonyl (C=O) groups excluding carboxylic acids is 1. The fourth-order valence-electron chi connectivity index (χ4n) is 0.784. The lowest BCUT2D eigenvalue weighted by atomic mass is 10.6. The van der Waals surface area contributed by atoms with Crippen LogP contribution in [0, 0.1) is 0 Å². The second kappa shape index (κ2) is 3.05. The Morgan fingerprint density at radius 2 is 2.60 bits per heavy atom. The summed E-state index contributed by atoms with van der Waals surface area (Å²) in [4.78, 5) is 12.4. The molecule has 1 atom stereocenters. The maximum atomic E-state index is 10.9. The highest BCUT2D eigenvalue weighted by Gasteiger charge is 2.22. The quantitative estimate of drug-likeness (QED) is 0.340. The van der Waals surface area contributed by atoms with E-state index < -0.39 is 0 Å². The Hall–Kier alpha value is -0.510. The van der Waals surface area contributed by atoms with Gasteiger partial charge < -0.3 is 4.74 Å². The first-order valence-corrected chi connectivity index (χ1v) is 3.82. The molecule has 1 unspecified atom stereocenters. The fourth-order valence-corrected chi connectivity index (χ4v) is 1.33. The molecule has 56 valence electrons. The van der Waals surface area contributed by atoms with E-state index in [9.17, 15) is 4.79 Å². The number of carbonyl (C=O) groups is 1. The molecule has 1 rings (SSSR count). The molecular weight excluding hydrogens is 198 g/mol. The summed E-state index contributed by atoms with van der Waals surface area (Å²) in [5, 5.41) is 0. The van der Waals surface area contributed by atoms with Gasteiger partial charge in [0.1, 0.15) is 4.95 Å². The van der Waals surface area contributed by atoms with Gasteiger partial charge in [-0.25, -0.2) is 4.79 Å². The van der Waals surface area contributed by atoms with Crippen molar-refractivity contribution in [3.8, 4) is 0 Å². The van der Waals surface area contributed by atoms with E-state index in [1.54, 1.807) is 4.90 Å². The lowest BCUT2D eigenvalue weighted by Gasteiger charge is -2.17. The van der Waals surface area contributed by atoms with Crippen LogP contribution in [0.3, 0.4) is 0 Å². The van der Waals surface area contributed by atoms with Crippen LogP contribution in [0.5, 0.6) is 0 Å². The van der Waals surface area contributed by atoms with Crippen molar-refractivity contribution in [3.05, 3.63) is 12.2 Å². The minimum atomic E-state index is -0.299. The van der Waals surface area contributed by atoms with Gasteiger partial charge in [-0.3, -0.25) is 4.90 Å². The van der Waals surface area contributed by atoms with Crippen LogP contribution in [-0.4, -0.2) is 29.6 Å². The monoisotopic (exact) mass is 205 g/mol. The average molecular weight is 206 g/mol. The van der Waals surface area contributed by atoms with Crippen LogP contribution in [0.1, 0.15) is 0 Å². The Morgan fingerprint density at radius 1 is 1.90 bits per heavy atom. The molecule has 10 heavy (non-hydrogen) atoms. The first-order valence-electron chi connectivity index (χ1n) is 2.91. The Morgan fingerprint density at radius 3 is 3.00 bits per heavy atom. The maximum Gasteiger partial charge on any atom is 0.410 e. The van der Waals surface area contributed by atoms with Gasteiger partial charge >= 0.3 is 6.09 Å². The highest BCUT2D eigenvalue weighted by molar-refractivity contribution is 9.09. The Kier molecular flexibility index (Phi) is 2.32. The SMILES string of the molecule is COC(=O)N1CC=CC1Br. The van der Waals surface area contributed by atoms with Crippen molar-refractivity contribution in [2.45, 2.75) is 4.95 Å². The fraction of sp³-hybridized carbons (Fsp3) is 0.500. The summed E-state index contributed by atoms with van der Waals surface area (Å²) in [6.45, 7) is 0.628. The summed E-state index contributed by atoms with van der Waals surface area (Å²) in [6, 6.07) is 0. The van der Waals surface area contributed by atoms with Crippen LogP contribution < -0.4 is 0 Å². The normalized spacial score (nSPS) is 23.4. The Balaban J connectivity index is 2.51. The van der Waals surface area contributed by atoms with Gasteiger partial charge in [-0.2, -0.15) is 0 Å². The number of halogens is 1. The molecule has 3 nitrogen and oxygen atoms in total. The highest BCUT2D eigenvalue weighted by Crippen LogP contribution is 2.15. The summed E-state index contributed by atoms with van der Waals surface area (Å²) in [6.07, 6.45) is 3.51. The molecule has 0 saturated carbocycles. The molecule has 1 aliphatic heterocycles. The van der Waals surface area contributed by atoms with Crippen LogP contribution in [0.2, 0.25) is 0 Å². The van der Waals surface area contributed by atoms with Crippen LogP contribution in [0.15, 0.2) is 12.2 Å². The zero-order chi connectivity index (χ0) is 7.56. The molecule has 0 saturated heterocycles. The third kappa shape index (κ3) is 1.31. The van der Waals surface area contributed by atoms with E-state index in [4.69, 9.17) is 0 Å². The van der Waals surface area contributed by atoms with Gasteiger partial charge in [-0.05, 0) is 0 Å². The van der Waals surface area contributed by atoms with Crippen LogP contribution in [-0.2, 0) is 4.74 Å². The largest absolute Gasteiger partial charge is 0.453 e. The summed E-state index contributed by atoms with van der Waals surface area (Å²) < 4.78 is 4.52. The first-order chi connectivity index (χ1) is 4.75. The molecule has 0 aromatic rings. The van der Waals surface area contributed by atoms with Gasteiger partial charge in [0.15, 0.2) is 0 Å². The summed E-state index contributed by atoms with van der Waals surface area (Å²) in [5.41, 5.74) is 0. The molecule has 0 fully saturated rings. The molecule has 1 heterocycles. The highest BCUT2D eigenvalue weighted by atomic mass is 79.9. The number of amides is 1. The number of hydrogen-bond acceptors (Lipinski definition) is 2. The smallest absolute Gasteiger partial charge is 0.410 e. The summed E-state index contributed by atoms with van der Waals surface area (Å²) in [7, 11) is 1.38. The van der Waals surface area contributed by atoms with Crippen molar-refractivity contribution >= 4 is 22.0 Å². The number of nitrogens with zero attached hydrogens (tertiary/aromatic N) is 1. The predicted octanol–water partition coefficient (Wildman–Crippen LogP) is 1.35. The molecule has 1 aliphatic rings. The number of methoxy groups -OCH3 is 1. The average Bonchev–Trinajstić information content (AvgIpc) is 2.34. The van der Waals surface area contributed by atoms with E-state index in [2.05, 4.69) is 20.7 Å². The number of alkyl halides is 1. The summed E-state index contributed by atoms with van der Waals surface area (Å²) in [5.74, 6) is 0. The number of hydrogen-bond donors (Lipinski definition) is 0. The molecule has 0 N–H and O–H groups in total. The van der Waals surface area contributed by atoms with Gasteiger partial charge in [-0.1, -0.05) is 28.1 Å². The van der Waals surface area contributed by atoms with E-state index in [-0.39, 0.29) is 11.0 Å². The minimum Gasteiger partial charge on any atom is -0.453 e. The summed E-state index contributed by atoms with van der Waals surface area (Å²) >= 11 is 3.28. The van der Waals surface area contributed by atoms with Crippen LogP contribution in [0.4, 0.5) is 4.79 Å². The van der Waals surface area contributed by atoms with E-state index >= 15 is 0 Å². The van der Waals surface area contributed by atoms with Gasteiger partial charge in [0.25, 0.3) is 0 Å². The predicted molar refractivity (Wildman–Crippen MR) is 41.0 cm³/mol. The lowest BCUT2D eigenvalue weighted by Crippen LogP contribution is -2.32. The lowest BCUT2D eigenvalue weighted by molar-refractivity contribution is 0.132. The molecule has 1 amide bonds. The molecule has 0 aliphatic carbocycles. The molecular formula is C6H8BrNO2. The second-order valence-corrected chi connectivity index (χ2v) is 2.86. The maximum absolute atomic E-state index is 10.9. The van der Waals surface area contributed by atoms with Crippen LogP contribution >= 0.6 is 15.9 Å². The van der Waals surface area contributed by atoms with Gasteiger partial charge in [0.05, 0.1) is 7.11 Å². The van der Waals surface area contributed by atoms with Crippen LogP contribution in [0.25, 0.3) is 0 Å². The van der Waals surface area contributed by atoms with E-state index in [0.29, 0.717) is 6.54 Å². The third-order valence-electron chi connectivity index (χ3n) is 1.30.